The fourth-order valence-electron chi connectivity index (χ4n) is 4.63. The monoisotopic (exact) mass is 491 g/mol. The molecule has 1 atom stereocenters. The van der Waals surface area contributed by atoms with Crippen LogP contribution in [0.15, 0.2) is 79.4 Å². The quantitative estimate of drug-likeness (QED) is 0.367. The van der Waals surface area contributed by atoms with E-state index in [0.29, 0.717) is 25.1 Å². The van der Waals surface area contributed by atoms with E-state index < -0.39 is 11.7 Å². The van der Waals surface area contributed by atoms with Crippen LogP contribution in [0.3, 0.4) is 0 Å². The second kappa shape index (κ2) is 9.93. The predicted molar refractivity (Wildman–Crippen MR) is 127 cm³/mol. The summed E-state index contributed by atoms with van der Waals surface area (Å²) in [6.07, 6.45) is 0.799. The van der Waals surface area contributed by atoms with E-state index in [1.54, 1.807) is 11.0 Å². The van der Waals surface area contributed by atoms with Gasteiger partial charge in [-0.25, -0.2) is 9.67 Å². The van der Waals surface area contributed by atoms with Crippen LogP contribution in [0.1, 0.15) is 57.3 Å². The first-order valence-electron chi connectivity index (χ1n) is 11.7. The molecule has 1 aliphatic heterocycles. The maximum Gasteiger partial charge on any atom is 0.416 e. The lowest BCUT2D eigenvalue weighted by molar-refractivity contribution is -0.137. The minimum atomic E-state index is -4.36. The Morgan fingerprint density at radius 2 is 1.81 bits per heavy atom. The molecule has 1 saturated heterocycles. The molecular weight excluding hydrogens is 467 g/mol. The van der Waals surface area contributed by atoms with Crippen LogP contribution >= 0.6 is 0 Å². The Morgan fingerprint density at radius 1 is 1.00 bits per heavy atom. The average Bonchev–Trinajstić information content (AvgIpc) is 3.56. The van der Waals surface area contributed by atoms with Crippen LogP contribution in [0.2, 0.25) is 0 Å². The van der Waals surface area contributed by atoms with Gasteiger partial charge < -0.3 is 4.90 Å². The zero-order chi connectivity index (χ0) is 25.1. The maximum absolute atomic E-state index is 13.6. The third-order valence-electron chi connectivity index (χ3n) is 6.40. The van der Waals surface area contributed by atoms with Crippen LogP contribution in [-0.2, 0) is 19.1 Å². The molecule has 36 heavy (non-hydrogen) atoms. The number of likely N-dealkylation sites (tertiary alicyclic amines) is 1. The van der Waals surface area contributed by atoms with Crippen LogP contribution in [-0.4, -0.2) is 37.1 Å². The average molecular weight is 492 g/mol. The Labute approximate surface area is 206 Å². The number of benzene rings is 2. The second-order valence-corrected chi connectivity index (χ2v) is 8.83. The summed E-state index contributed by atoms with van der Waals surface area (Å²) in [4.78, 5) is 24.3. The molecular formula is C27H24F3N5O. The predicted octanol–water partition coefficient (Wildman–Crippen LogP) is 5.31. The summed E-state index contributed by atoms with van der Waals surface area (Å²) in [7, 11) is 0. The number of halogens is 3. The molecule has 0 radical (unpaired) electrons. The topological polar surface area (TPSA) is 63.9 Å². The minimum absolute atomic E-state index is 0.0526. The number of aromatic nitrogens is 4. The van der Waals surface area contributed by atoms with Gasteiger partial charge in [-0.2, -0.15) is 18.3 Å². The largest absolute Gasteiger partial charge is 0.416 e. The van der Waals surface area contributed by atoms with Gasteiger partial charge in [0.2, 0.25) is 0 Å². The molecule has 5 rings (SSSR count). The van der Waals surface area contributed by atoms with Crippen LogP contribution in [0.4, 0.5) is 13.2 Å². The smallest absolute Gasteiger partial charge is 0.330 e. The fraction of sp³-hybridized carbons (Fsp3) is 0.259. The lowest BCUT2D eigenvalue weighted by Crippen LogP contribution is -2.32. The summed E-state index contributed by atoms with van der Waals surface area (Å²) in [6, 6.07) is 18.1. The third kappa shape index (κ3) is 5.15. The van der Waals surface area contributed by atoms with Gasteiger partial charge in [-0.05, 0) is 54.3 Å². The van der Waals surface area contributed by atoms with Gasteiger partial charge in [0.1, 0.15) is 12.7 Å². The number of carbonyl (C=O) groups excluding carboxylic acids is 1. The Kier molecular flexibility index (Phi) is 6.54. The highest BCUT2D eigenvalue weighted by molar-refractivity contribution is 5.96. The Balaban J connectivity index is 1.35. The summed E-state index contributed by atoms with van der Waals surface area (Å²) in [5.41, 5.74) is 3.10. The molecule has 1 aliphatic rings. The van der Waals surface area contributed by atoms with Crippen molar-refractivity contribution in [2.75, 3.05) is 6.54 Å². The Hall–Kier alpha value is -4.01. The first kappa shape index (κ1) is 23.7. The van der Waals surface area contributed by atoms with Gasteiger partial charge in [-0.3, -0.25) is 9.78 Å². The fourth-order valence-corrected chi connectivity index (χ4v) is 4.63. The lowest BCUT2D eigenvalue weighted by atomic mass is 10.0. The minimum Gasteiger partial charge on any atom is -0.330 e. The van der Waals surface area contributed by atoms with Gasteiger partial charge in [0.15, 0.2) is 0 Å². The molecule has 2 aromatic carbocycles. The van der Waals surface area contributed by atoms with Crippen molar-refractivity contribution in [1.29, 1.82) is 0 Å². The van der Waals surface area contributed by atoms with E-state index in [1.807, 2.05) is 47.4 Å². The van der Waals surface area contributed by atoms with E-state index in [2.05, 4.69) is 10.1 Å². The molecule has 0 unspecified atom stereocenters. The summed E-state index contributed by atoms with van der Waals surface area (Å²) < 4.78 is 40.3. The summed E-state index contributed by atoms with van der Waals surface area (Å²) in [5.74, 6) is -0.0526. The number of alkyl halides is 3. The van der Waals surface area contributed by atoms with E-state index in [1.165, 1.54) is 18.5 Å². The summed E-state index contributed by atoms with van der Waals surface area (Å²) in [5, 5.41) is 4.15. The molecule has 9 heteroatoms. The van der Waals surface area contributed by atoms with Crippen molar-refractivity contribution in [2.24, 2.45) is 0 Å². The molecule has 0 spiro atoms. The van der Waals surface area contributed by atoms with Gasteiger partial charge in [-0.15, -0.1) is 0 Å². The maximum atomic E-state index is 13.6. The molecule has 2 aromatic heterocycles. The molecule has 184 valence electrons. The number of rotatable bonds is 6. The van der Waals surface area contributed by atoms with Crippen molar-refractivity contribution >= 4 is 5.91 Å². The van der Waals surface area contributed by atoms with E-state index in [0.717, 1.165) is 47.5 Å². The van der Waals surface area contributed by atoms with E-state index in [4.69, 9.17) is 4.98 Å². The van der Waals surface area contributed by atoms with Crippen LogP contribution in [0.25, 0.3) is 0 Å². The van der Waals surface area contributed by atoms with E-state index in [-0.39, 0.29) is 11.9 Å². The first-order valence-corrected chi connectivity index (χ1v) is 11.7. The van der Waals surface area contributed by atoms with Crippen molar-refractivity contribution in [3.63, 3.8) is 0 Å². The van der Waals surface area contributed by atoms with Crippen molar-refractivity contribution in [1.82, 2.24) is 24.6 Å². The summed E-state index contributed by atoms with van der Waals surface area (Å²) >= 11 is 0. The van der Waals surface area contributed by atoms with E-state index >= 15 is 0 Å². The van der Waals surface area contributed by atoms with Crippen LogP contribution in [0, 0.1) is 0 Å². The molecule has 0 saturated carbocycles. The van der Waals surface area contributed by atoms with Gasteiger partial charge >= 0.3 is 6.18 Å². The molecule has 1 amide bonds. The number of hydrogen-bond donors (Lipinski definition) is 0. The van der Waals surface area contributed by atoms with Gasteiger partial charge in [0.05, 0.1) is 23.8 Å². The Morgan fingerprint density at radius 3 is 2.56 bits per heavy atom. The molecule has 4 aromatic rings. The number of amides is 1. The molecule has 0 N–H and O–H groups in total. The molecule has 6 nitrogen and oxygen atoms in total. The first-order chi connectivity index (χ1) is 17.4. The molecule has 0 aliphatic carbocycles. The number of pyridine rings is 1. The molecule has 0 bridgehead atoms. The van der Waals surface area contributed by atoms with Crippen molar-refractivity contribution in [3.8, 4) is 0 Å². The number of carbonyl (C=O) groups is 1. The zero-order valence-corrected chi connectivity index (χ0v) is 19.4. The lowest BCUT2D eigenvalue weighted by Gasteiger charge is -2.26. The zero-order valence-electron chi connectivity index (χ0n) is 19.4. The highest BCUT2D eigenvalue weighted by Crippen LogP contribution is 2.33. The highest BCUT2D eigenvalue weighted by atomic mass is 19.4. The van der Waals surface area contributed by atoms with Crippen LogP contribution in [0.5, 0.6) is 0 Å². The van der Waals surface area contributed by atoms with Crippen molar-refractivity contribution in [2.45, 2.75) is 38.0 Å². The van der Waals surface area contributed by atoms with Gasteiger partial charge in [0.25, 0.3) is 5.91 Å². The van der Waals surface area contributed by atoms with Crippen molar-refractivity contribution < 1.29 is 18.0 Å². The molecule has 1 fully saturated rings. The SMILES string of the molecule is O=C(c1ccccc1Cn1cncn1)N1CCC[C@@H]1c1cccc(Cc2ccc(C(F)(F)F)cc2)n1. The number of hydrogen-bond acceptors (Lipinski definition) is 4. The van der Waals surface area contributed by atoms with Crippen molar-refractivity contribution in [3.05, 3.63) is 113 Å². The number of nitrogens with zero attached hydrogens (tertiary/aromatic N) is 5. The van der Waals surface area contributed by atoms with Gasteiger partial charge in [0, 0.05) is 24.2 Å². The van der Waals surface area contributed by atoms with Crippen LogP contribution < -0.4 is 0 Å². The summed E-state index contributed by atoms with van der Waals surface area (Å²) in [6.45, 7) is 1.08. The Bertz CT molecular complexity index is 1340. The second-order valence-electron chi connectivity index (χ2n) is 8.83. The third-order valence-corrected chi connectivity index (χ3v) is 6.40. The van der Waals surface area contributed by atoms with Gasteiger partial charge in [-0.1, -0.05) is 36.4 Å². The standard InChI is InChI=1S/C27H24F3N5O/c28-27(29,30)21-12-10-19(11-13-21)15-22-6-3-8-24(33-22)25-9-4-14-35(25)26(36)23-7-2-1-5-20(23)16-34-18-31-17-32-34/h1-3,5-8,10-13,17-18,25H,4,9,14-16H2/t25-/m1/s1. The molecule has 3 heterocycles. The normalized spacial score (nSPS) is 15.9. The highest BCUT2D eigenvalue weighted by Gasteiger charge is 2.33. The van der Waals surface area contributed by atoms with E-state index in [9.17, 15) is 18.0 Å².